The third kappa shape index (κ3) is 1.03. The second-order valence-electron chi connectivity index (χ2n) is 2.89. The summed E-state index contributed by atoms with van der Waals surface area (Å²) in [6, 6.07) is 12.6. The largest absolute Gasteiger partial charge is 0.507 e. The summed E-state index contributed by atoms with van der Waals surface area (Å²) in [5.74, 6) is 0.241. The summed E-state index contributed by atoms with van der Waals surface area (Å²) in [5.41, 5.74) is 0.964. The number of hydrogen-bond donors (Lipinski definition) is 1. The Morgan fingerprint density at radius 2 is 2.00 bits per heavy atom. The molecule has 2 aromatic carbocycles. The van der Waals surface area contributed by atoms with Crippen LogP contribution in [0, 0.1) is 13.0 Å². The molecule has 59 valence electrons. The van der Waals surface area contributed by atoms with Gasteiger partial charge >= 0.3 is 0 Å². The van der Waals surface area contributed by atoms with Gasteiger partial charge in [-0.25, -0.2) is 0 Å². The molecule has 0 fully saturated rings. The van der Waals surface area contributed by atoms with Gasteiger partial charge in [-0.3, -0.25) is 0 Å². The fourth-order valence-electron chi connectivity index (χ4n) is 1.36. The first-order chi connectivity index (χ1) is 5.77. The summed E-state index contributed by atoms with van der Waals surface area (Å²) in [7, 11) is 0. The average Bonchev–Trinajstić information content (AvgIpc) is 2.04. The van der Waals surface area contributed by atoms with E-state index in [0.717, 1.165) is 16.3 Å². The molecule has 0 saturated carbocycles. The van der Waals surface area contributed by atoms with Crippen molar-refractivity contribution in [1.29, 1.82) is 0 Å². The van der Waals surface area contributed by atoms with Gasteiger partial charge in [0, 0.05) is 11.5 Å². The predicted octanol–water partition coefficient (Wildman–Crippen LogP) is 2.65. The Morgan fingerprint density at radius 3 is 2.83 bits per heavy atom. The summed E-state index contributed by atoms with van der Waals surface area (Å²) < 4.78 is 0. The monoisotopic (exact) mass is 157 g/mol. The van der Waals surface area contributed by atoms with E-state index in [1.165, 1.54) is 0 Å². The number of aryl methyl sites for hydroxylation is 1. The first kappa shape index (κ1) is 7.17. The van der Waals surface area contributed by atoms with Crippen molar-refractivity contribution in [3.63, 3.8) is 0 Å². The molecule has 0 bridgehead atoms. The molecule has 0 saturated heterocycles. The smallest absolute Gasteiger partial charge is 0.131 e. The standard InChI is InChI=1S/C11H9O/c1-8-6-9-4-2-3-5-10(9)11(12)7-8/h2-6,12H,1H3. The van der Waals surface area contributed by atoms with Gasteiger partial charge in [-0.2, -0.15) is 0 Å². The summed E-state index contributed by atoms with van der Waals surface area (Å²) in [5, 5.41) is 11.4. The molecule has 0 aliphatic heterocycles. The lowest BCUT2D eigenvalue weighted by Gasteiger charge is -2.00. The summed E-state index contributed by atoms with van der Waals surface area (Å²) >= 11 is 0. The Kier molecular flexibility index (Phi) is 1.51. The van der Waals surface area contributed by atoms with Crippen molar-refractivity contribution in [3.05, 3.63) is 42.0 Å². The van der Waals surface area contributed by atoms with Crippen LogP contribution in [0.1, 0.15) is 5.56 Å². The van der Waals surface area contributed by atoms with Crippen molar-refractivity contribution in [2.24, 2.45) is 0 Å². The van der Waals surface area contributed by atoms with Gasteiger partial charge in [0.25, 0.3) is 0 Å². The van der Waals surface area contributed by atoms with Gasteiger partial charge in [0.1, 0.15) is 5.75 Å². The number of rotatable bonds is 0. The minimum atomic E-state index is 0.241. The normalized spacial score (nSPS) is 10.4. The number of benzene rings is 2. The van der Waals surface area contributed by atoms with E-state index in [-0.39, 0.29) is 5.75 Å². The van der Waals surface area contributed by atoms with Crippen molar-refractivity contribution in [2.75, 3.05) is 0 Å². The van der Waals surface area contributed by atoms with Crippen LogP contribution in [0.4, 0.5) is 0 Å². The molecule has 12 heavy (non-hydrogen) atoms. The van der Waals surface area contributed by atoms with Crippen molar-refractivity contribution >= 4 is 10.8 Å². The zero-order valence-corrected chi connectivity index (χ0v) is 6.83. The molecular formula is C11H9O. The number of phenols is 1. The molecule has 0 unspecified atom stereocenters. The molecular weight excluding hydrogens is 148 g/mol. The van der Waals surface area contributed by atoms with Crippen LogP contribution < -0.4 is 0 Å². The van der Waals surface area contributed by atoms with Crippen molar-refractivity contribution in [2.45, 2.75) is 6.92 Å². The third-order valence-corrected chi connectivity index (χ3v) is 1.90. The molecule has 1 radical (unpaired) electrons. The molecule has 1 heteroatoms. The predicted molar refractivity (Wildman–Crippen MR) is 49.2 cm³/mol. The van der Waals surface area contributed by atoms with E-state index >= 15 is 0 Å². The van der Waals surface area contributed by atoms with Crippen molar-refractivity contribution < 1.29 is 5.11 Å². The van der Waals surface area contributed by atoms with E-state index in [1.54, 1.807) is 0 Å². The van der Waals surface area contributed by atoms with E-state index in [2.05, 4.69) is 6.07 Å². The molecule has 0 aliphatic rings. The van der Waals surface area contributed by atoms with Gasteiger partial charge in [-0.1, -0.05) is 30.3 Å². The maximum absolute atomic E-state index is 9.50. The van der Waals surface area contributed by atoms with Gasteiger partial charge < -0.3 is 5.11 Å². The number of aromatic hydroxyl groups is 1. The van der Waals surface area contributed by atoms with Gasteiger partial charge in [0.15, 0.2) is 0 Å². The average molecular weight is 157 g/mol. The molecule has 0 aromatic heterocycles. The van der Waals surface area contributed by atoms with E-state index in [0.29, 0.717) is 0 Å². The van der Waals surface area contributed by atoms with Crippen LogP contribution in [0.3, 0.4) is 0 Å². The Balaban J connectivity index is 2.89. The molecule has 0 heterocycles. The molecule has 2 aromatic rings. The topological polar surface area (TPSA) is 20.2 Å². The lowest BCUT2D eigenvalue weighted by Crippen LogP contribution is -1.76. The fourth-order valence-corrected chi connectivity index (χ4v) is 1.36. The van der Waals surface area contributed by atoms with Gasteiger partial charge in [-0.05, 0) is 17.9 Å². The minimum absolute atomic E-state index is 0.241. The molecule has 1 nitrogen and oxygen atoms in total. The second-order valence-corrected chi connectivity index (χ2v) is 2.89. The van der Waals surface area contributed by atoms with Crippen LogP contribution in [-0.4, -0.2) is 5.11 Å². The second kappa shape index (κ2) is 2.52. The highest BCUT2D eigenvalue weighted by molar-refractivity contribution is 5.88. The highest BCUT2D eigenvalue weighted by Crippen LogP contribution is 2.24. The molecule has 1 N–H and O–H groups in total. The van der Waals surface area contributed by atoms with Crippen LogP contribution in [0.25, 0.3) is 10.8 Å². The molecule has 2 rings (SSSR count). The molecule has 0 amide bonds. The van der Waals surface area contributed by atoms with Crippen LogP contribution in [0.5, 0.6) is 5.75 Å². The molecule has 0 spiro atoms. The van der Waals surface area contributed by atoms with Crippen LogP contribution in [-0.2, 0) is 0 Å². The van der Waals surface area contributed by atoms with Gasteiger partial charge in [0.2, 0.25) is 0 Å². The molecule has 0 atom stereocenters. The molecule has 0 aliphatic carbocycles. The van der Waals surface area contributed by atoms with Gasteiger partial charge in [-0.15, -0.1) is 0 Å². The number of hydrogen-bond acceptors (Lipinski definition) is 1. The van der Waals surface area contributed by atoms with Crippen molar-refractivity contribution in [3.8, 4) is 5.75 Å². The van der Waals surface area contributed by atoms with Crippen LogP contribution in [0.15, 0.2) is 30.3 Å². The van der Waals surface area contributed by atoms with E-state index in [9.17, 15) is 5.11 Å². The number of phenolic OH excluding ortho intramolecular Hbond substituents is 1. The zero-order chi connectivity index (χ0) is 8.55. The SMILES string of the molecule is Cc1[c]c(O)c2ccccc2c1. The summed E-state index contributed by atoms with van der Waals surface area (Å²) in [6.07, 6.45) is 0. The van der Waals surface area contributed by atoms with Crippen molar-refractivity contribution in [1.82, 2.24) is 0 Å². The van der Waals surface area contributed by atoms with E-state index in [4.69, 9.17) is 0 Å². The maximum Gasteiger partial charge on any atom is 0.131 e. The first-order valence-electron chi connectivity index (χ1n) is 3.88. The van der Waals surface area contributed by atoms with E-state index < -0.39 is 0 Å². The van der Waals surface area contributed by atoms with E-state index in [1.807, 2.05) is 37.3 Å². The van der Waals surface area contributed by atoms with Crippen LogP contribution >= 0.6 is 0 Å². The summed E-state index contributed by atoms with van der Waals surface area (Å²) in [6.45, 7) is 1.92. The summed E-state index contributed by atoms with van der Waals surface area (Å²) in [4.78, 5) is 0. The Labute approximate surface area is 71.3 Å². The lowest BCUT2D eigenvalue weighted by atomic mass is 10.1. The lowest BCUT2D eigenvalue weighted by molar-refractivity contribution is 0.480. The first-order valence-corrected chi connectivity index (χ1v) is 3.88. The highest BCUT2D eigenvalue weighted by atomic mass is 16.3. The Bertz CT molecular complexity index is 418. The minimum Gasteiger partial charge on any atom is -0.507 e. The fraction of sp³-hybridized carbons (Fsp3) is 0.0909. The third-order valence-electron chi connectivity index (χ3n) is 1.90. The Hall–Kier alpha value is -1.50. The Morgan fingerprint density at radius 1 is 1.25 bits per heavy atom. The van der Waals surface area contributed by atoms with Gasteiger partial charge in [0.05, 0.1) is 0 Å². The van der Waals surface area contributed by atoms with Crippen LogP contribution in [0.2, 0.25) is 0 Å². The quantitative estimate of drug-likeness (QED) is 0.623. The maximum atomic E-state index is 9.50. The zero-order valence-electron chi connectivity index (χ0n) is 6.83. The number of fused-ring (bicyclic) bond motifs is 1. The highest BCUT2D eigenvalue weighted by Gasteiger charge is 1.98.